The Morgan fingerprint density at radius 2 is 1.37 bits per heavy atom. The van der Waals surface area contributed by atoms with Crippen molar-refractivity contribution in [2.24, 2.45) is 23.7 Å². The predicted octanol–water partition coefficient (Wildman–Crippen LogP) is 8.69. The summed E-state index contributed by atoms with van der Waals surface area (Å²) in [5.41, 5.74) is 17.1. The van der Waals surface area contributed by atoms with E-state index in [0.717, 1.165) is 23.7 Å². The third-order valence-electron chi connectivity index (χ3n) is 12.1. The first kappa shape index (κ1) is 33.1. The monoisotopic (exact) mass is 627 g/mol. The number of aryl methyl sites for hydroxylation is 7. The van der Waals surface area contributed by atoms with E-state index in [4.69, 9.17) is 0 Å². The first-order chi connectivity index (χ1) is 21.9. The highest BCUT2D eigenvalue weighted by atomic mass is 28.3. The summed E-state index contributed by atoms with van der Waals surface area (Å²) in [5, 5.41) is 5.59. The van der Waals surface area contributed by atoms with E-state index >= 15 is 0 Å². The minimum absolute atomic E-state index is 0.198. The SMILES string of the molecule is Cc1cc(C)c(B(c2ccc(C)c(C3C=C(CC4C5CCCC(C5)C[C@H]4C)C([SiH](C)C)=CN3)c2)c2c(C)cc(C)cc2C)c(C)c1. The van der Waals surface area contributed by atoms with Crippen LogP contribution in [-0.4, -0.2) is 15.5 Å². The van der Waals surface area contributed by atoms with E-state index in [1.54, 1.807) is 10.8 Å². The van der Waals surface area contributed by atoms with Crippen LogP contribution in [-0.2, 0) is 0 Å². The summed E-state index contributed by atoms with van der Waals surface area (Å²) < 4.78 is 0. The van der Waals surface area contributed by atoms with Gasteiger partial charge in [0.2, 0.25) is 6.71 Å². The molecular formula is C43H58BNSi. The van der Waals surface area contributed by atoms with E-state index in [9.17, 15) is 0 Å². The zero-order valence-corrected chi connectivity index (χ0v) is 31.6. The van der Waals surface area contributed by atoms with Crippen molar-refractivity contribution < 1.29 is 0 Å². The van der Waals surface area contributed by atoms with Crippen molar-refractivity contribution in [3.8, 4) is 0 Å². The second kappa shape index (κ2) is 13.4. The number of hydrogen-bond donors (Lipinski definition) is 1. The first-order valence-corrected chi connectivity index (χ1v) is 21.2. The van der Waals surface area contributed by atoms with Crippen LogP contribution in [0.5, 0.6) is 0 Å². The molecule has 1 N–H and O–H groups in total. The molecular weight excluding hydrogens is 569 g/mol. The Hall–Kier alpha value is -2.78. The molecule has 6 rings (SSSR count). The number of hydrogen-bond acceptors (Lipinski definition) is 1. The number of nitrogens with one attached hydrogen (secondary N) is 1. The molecule has 46 heavy (non-hydrogen) atoms. The van der Waals surface area contributed by atoms with Crippen molar-refractivity contribution in [3.63, 3.8) is 0 Å². The van der Waals surface area contributed by atoms with Gasteiger partial charge in [0, 0.05) is 0 Å². The maximum Gasteiger partial charge on any atom is 0.242 e. The second-order valence-corrected chi connectivity index (χ2v) is 19.1. The summed E-state index contributed by atoms with van der Waals surface area (Å²) in [6.07, 6.45) is 13.7. The maximum absolute atomic E-state index is 3.93. The lowest BCUT2D eigenvalue weighted by molar-refractivity contribution is 0.0719. The van der Waals surface area contributed by atoms with E-state index in [2.05, 4.69) is 129 Å². The maximum atomic E-state index is 3.93. The summed E-state index contributed by atoms with van der Waals surface area (Å²) in [4.78, 5) is 0. The summed E-state index contributed by atoms with van der Waals surface area (Å²) in [6.45, 7) is 23.8. The number of rotatable bonds is 7. The highest BCUT2D eigenvalue weighted by Crippen LogP contribution is 2.49. The van der Waals surface area contributed by atoms with Crippen LogP contribution in [0.25, 0.3) is 0 Å². The third-order valence-corrected chi connectivity index (χ3v) is 13.9. The normalized spacial score (nSPS) is 24.4. The van der Waals surface area contributed by atoms with E-state index in [-0.39, 0.29) is 12.8 Å². The molecule has 3 aromatic rings. The van der Waals surface area contributed by atoms with E-state index < -0.39 is 8.80 Å². The minimum atomic E-state index is -0.973. The summed E-state index contributed by atoms with van der Waals surface area (Å²) >= 11 is 0. The molecule has 0 aromatic heterocycles. The van der Waals surface area contributed by atoms with Crippen molar-refractivity contribution in [2.75, 3.05) is 0 Å². The molecule has 2 saturated carbocycles. The van der Waals surface area contributed by atoms with Crippen LogP contribution >= 0.6 is 0 Å². The van der Waals surface area contributed by atoms with Crippen LogP contribution in [0.2, 0.25) is 13.1 Å². The molecule has 0 spiro atoms. The molecule has 0 amide bonds. The van der Waals surface area contributed by atoms with Gasteiger partial charge in [-0.3, -0.25) is 0 Å². The molecule has 4 unspecified atom stereocenters. The van der Waals surface area contributed by atoms with Gasteiger partial charge in [-0.05, 0) is 119 Å². The fraction of sp³-hybridized carbons (Fsp3) is 0.488. The van der Waals surface area contributed by atoms with Gasteiger partial charge < -0.3 is 5.32 Å². The van der Waals surface area contributed by atoms with Crippen LogP contribution in [0.1, 0.15) is 96.0 Å². The molecule has 2 fully saturated rings. The lowest BCUT2D eigenvalue weighted by Gasteiger charge is -2.45. The Morgan fingerprint density at radius 1 is 0.761 bits per heavy atom. The number of fused-ring (bicyclic) bond motifs is 2. The first-order valence-electron chi connectivity index (χ1n) is 18.3. The van der Waals surface area contributed by atoms with Gasteiger partial charge in [-0.2, -0.15) is 0 Å². The van der Waals surface area contributed by atoms with Gasteiger partial charge in [0.15, 0.2) is 0 Å². The summed E-state index contributed by atoms with van der Waals surface area (Å²) in [6, 6.07) is 17.1. The fourth-order valence-corrected chi connectivity index (χ4v) is 11.6. The molecule has 2 aliphatic carbocycles. The highest BCUT2D eigenvalue weighted by molar-refractivity contribution is 6.96. The van der Waals surface area contributed by atoms with Crippen molar-refractivity contribution in [3.05, 3.63) is 110 Å². The minimum Gasteiger partial charge on any atom is -0.381 e. The van der Waals surface area contributed by atoms with Gasteiger partial charge in [0.25, 0.3) is 0 Å². The molecule has 0 radical (unpaired) electrons. The Balaban J connectivity index is 1.43. The van der Waals surface area contributed by atoms with Gasteiger partial charge in [-0.15, -0.1) is 0 Å². The second-order valence-electron chi connectivity index (χ2n) is 16.1. The molecule has 242 valence electrons. The number of benzene rings is 3. The van der Waals surface area contributed by atoms with Crippen LogP contribution < -0.4 is 21.7 Å². The Labute approximate surface area is 283 Å². The van der Waals surface area contributed by atoms with Gasteiger partial charge in [0.05, 0.1) is 14.8 Å². The van der Waals surface area contributed by atoms with Crippen molar-refractivity contribution in [1.29, 1.82) is 0 Å². The van der Waals surface area contributed by atoms with E-state index in [1.165, 1.54) is 99.4 Å². The molecule has 5 atom stereocenters. The molecule has 1 nitrogen and oxygen atoms in total. The van der Waals surface area contributed by atoms with Gasteiger partial charge in [-0.25, -0.2) is 0 Å². The smallest absolute Gasteiger partial charge is 0.242 e. The van der Waals surface area contributed by atoms with E-state index in [1.807, 2.05) is 0 Å². The molecule has 1 heterocycles. The number of allylic oxidation sites excluding steroid dienone is 2. The Morgan fingerprint density at radius 3 is 1.96 bits per heavy atom. The van der Waals surface area contributed by atoms with E-state index in [0.29, 0.717) is 0 Å². The average molecular weight is 628 g/mol. The van der Waals surface area contributed by atoms with Crippen LogP contribution in [0.3, 0.4) is 0 Å². The highest BCUT2D eigenvalue weighted by Gasteiger charge is 2.39. The van der Waals surface area contributed by atoms with Gasteiger partial charge >= 0.3 is 0 Å². The van der Waals surface area contributed by atoms with Crippen LogP contribution in [0.4, 0.5) is 0 Å². The zero-order valence-electron chi connectivity index (χ0n) is 30.5. The van der Waals surface area contributed by atoms with Crippen molar-refractivity contribution >= 4 is 31.9 Å². The van der Waals surface area contributed by atoms with Gasteiger partial charge in [-0.1, -0.05) is 138 Å². The Kier molecular flexibility index (Phi) is 9.64. The standard InChI is InChI=1S/C43H58BNSi/c1-26-16-30(5)42(31(6)17-26)44(43-32(7)18-27(2)19-33(43)8)37-15-14-28(3)39(24-37)40-23-36(41(25-45-40)46(9)10)22-38-29(4)20-34-12-11-13-35(38)21-34/h14-19,23-25,29,34-35,38,40,45-46H,11-13,20-22H2,1-10H3/t29-,34?,35?,38?,40?/m1/s1. The lowest BCUT2D eigenvalue weighted by Crippen LogP contribution is -2.56. The van der Waals surface area contributed by atoms with Crippen molar-refractivity contribution in [1.82, 2.24) is 5.32 Å². The molecule has 1 aliphatic heterocycles. The molecule has 0 saturated heterocycles. The third kappa shape index (κ3) is 6.51. The number of dihydropyridines is 1. The molecule has 3 aromatic carbocycles. The molecule has 3 heteroatoms. The quantitative estimate of drug-likeness (QED) is 0.259. The van der Waals surface area contributed by atoms with Crippen LogP contribution in [0.15, 0.2) is 65.5 Å². The zero-order chi connectivity index (χ0) is 32.9. The molecule has 3 aliphatic rings. The Bertz CT molecular complexity index is 1570. The topological polar surface area (TPSA) is 12.0 Å². The predicted molar refractivity (Wildman–Crippen MR) is 205 cm³/mol. The fourth-order valence-electron chi connectivity index (χ4n) is 10.2. The van der Waals surface area contributed by atoms with Crippen LogP contribution in [0, 0.1) is 72.1 Å². The summed E-state index contributed by atoms with van der Waals surface area (Å²) in [7, 11) is -0.973. The van der Waals surface area contributed by atoms with Crippen molar-refractivity contribution in [2.45, 2.75) is 113 Å². The molecule has 2 bridgehead atoms. The van der Waals surface area contributed by atoms with Gasteiger partial charge in [0.1, 0.15) is 0 Å². The summed E-state index contributed by atoms with van der Waals surface area (Å²) in [5.74, 6) is 3.62. The lowest BCUT2D eigenvalue weighted by atomic mass is 9.34. The average Bonchev–Trinajstić information content (AvgIpc) is 2.98. The largest absolute Gasteiger partial charge is 0.381 e.